The molecule has 0 aliphatic carbocycles. The molecule has 3 aromatic rings. The Morgan fingerprint density at radius 1 is 1.13 bits per heavy atom. The Balaban J connectivity index is 1.15. The van der Waals surface area contributed by atoms with Gasteiger partial charge in [-0.05, 0) is 84.1 Å². The number of urea groups is 1. The number of rotatable bonds is 5. The van der Waals surface area contributed by atoms with Gasteiger partial charge in [0.05, 0.1) is 24.8 Å². The molecule has 4 heterocycles. The van der Waals surface area contributed by atoms with Gasteiger partial charge in [-0.3, -0.25) is 9.80 Å². The van der Waals surface area contributed by atoms with Gasteiger partial charge in [-0.25, -0.2) is 9.78 Å². The Hall–Kier alpha value is -3.70. The van der Waals surface area contributed by atoms with E-state index in [-0.39, 0.29) is 11.4 Å². The largest absolute Gasteiger partial charge is 0.372 e. The maximum absolute atomic E-state index is 13.5. The van der Waals surface area contributed by atoms with Crippen molar-refractivity contribution >= 4 is 29.4 Å². The predicted octanol–water partition coefficient (Wildman–Crippen LogP) is 5.41. The second-order valence-corrected chi connectivity index (χ2v) is 11.0. The molecule has 6 rings (SSSR count). The van der Waals surface area contributed by atoms with Crippen LogP contribution in [-0.4, -0.2) is 42.1 Å². The molecule has 1 fully saturated rings. The first-order valence-corrected chi connectivity index (χ1v) is 13.7. The highest BCUT2D eigenvalue weighted by Gasteiger charge is 2.47. The molecule has 0 radical (unpaired) electrons. The van der Waals surface area contributed by atoms with E-state index >= 15 is 0 Å². The van der Waals surface area contributed by atoms with Crippen LogP contribution in [0.2, 0.25) is 5.15 Å². The molecule has 0 unspecified atom stereocenters. The lowest BCUT2D eigenvalue weighted by Gasteiger charge is -2.39. The summed E-state index contributed by atoms with van der Waals surface area (Å²) in [6.45, 7) is 5.13. The van der Waals surface area contributed by atoms with Crippen molar-refractivity contribution in [3.05, 3.63) is 99.3 Å². The summed E-state index contributed by atoms with van der Waals surface area (Å²) >= 11 is 6.03. The quantitative estimate of drug-likeness (QED) is 0.438. The number of hydrogen-bond acceptors (Lipinski definition) is 5. The molecule has 2 amide bonds. The monoisotopic (exact) mass is 539 g/mol. The van der Waals surface area contributed by atoms with Gasteiger partial charge in [0.2, 0.25) is 0 Å². The Morgan fingerprint density at radius 3 is 2.64 bits per heavy atom. The lowest BCUT2D eigenvalue weighted by molar-refractivity contribution is 0.134. The lowest BCUT2D eigenvalue weighted by atomic mass is 9.73. The Bertz CT molecular complexity index is 1450. The SMILES string of the molecule is N#Cc1ccc(/C=C/CN2CCC3(CC2)CN(C(=O)NCc2ccnc(Cl)c2)c2cc4c(cc23)COC4)cc1. The summed E-state index contributed by atoms with van der Waals surface area (Å²) < 4.78 is 5.72. The fourth-order valence-electron chi connectivity index (χ4n) is 5.94. The summed E-state index contributed by atoms with van der Waals surface area (Å²) in [4.78, 5) is 21.9. The number of aromatic nitrogens is 1. The van der Waals surface area contributed by atoms with E-state index in [4.69, 9.17) is 21.6 Å². The van der Waals surface area contributed by atoms with Crippen LogP contribution < -0.4 is 10.2 Å². The standard InChI is InChI=1S/C31H30ClN5O2/c32-29-14-24(7-10-34-29)18-35-30(38)37-21-31(27-15-25-19-39-20-26(25)16-28(27)37)8-12-36(13-9-31)11-1-2-22-3-5-23(17-33)6-4-22/h1-7,10,14-16H,8-9,11-13,18-21H2,(H,35,38)/b2-1+. The molecule has 2 aromatic carbocycles. The number of benzene rings is 2. The van der Waals surface area contributed by atoms with Crippen LogP contribution in [0, 0.1) is 11.3 Å². The highest BCUT2D eigenvalue weighted by molar-refractivity contribution is 6.29. The van der Waals surface area contributed by atoms with Crippen molar-refractivity contribution < 1.29 is 9.53 Å². The van der Waals surface area contributed by atoms with Crippen LogP contribution in [0.4, 0.5) is 10.5 Å². The molecule has 8 heteroatoms. The molecule has 1 spiro atoms. The number of carbonyl (C=O) groups excluding carboxylic acids is 1. The Morgan fingerprint density at radius 2 is 1.90 bits per heavy atom. The average Bonchev–Trinajstić information content (AvgIpc) is 3.54. The van der Waals surface area contributed by atoms with E-state index < -0.39 is 0 Å². The molecule has 198 valence electrons. The number of anilines is 1. The van der Waals surface area contributed by atoms with Crippen LogP contribution >= 0.6 is 11.6 Å². The number of nitriles is 1. The second-order valence-electron chi connectivity index (χ2n) is 10.6. The van der Waals surface area contributed by atoms with Crippen LogP contribution in [0.15, 0.2) is 60.8 Å². The van der Waals surface area contributed by atoms with Crippen molar-refractivity contribution in [1.29, 1.82) is 5.26 Å². The molecule has 0 saturated carbocycles. The number of hydrogen-bond donors (Lipinski definition) is 1. The zero-order valence-electron chi connectivity index (χ0n) is 21.7. The molecular formula is C31H30ClN5O2. The minimum Gasteiger partial charge on any atom is -0.372 e. The Labute approximate surface area is 233 Å². The first-order valence-electron chi connectivity index (χ1n) is 13.3. The number of piperidine rings is 1. The number of carbonyl (C=O) groups is 1. The van der Waals surface area contributed by atoms with E-state index in [1.54, 1.807) is 12.3 Å². The number of fused-ring (bicyclic) bond motifs is 3. The number of halogens is 1. The van der Waals surface area contributed by atoms with Gasteiger partial charge in [-0.15, -0.1) is 0 Å². The van der Waals surface area contributed by atoms with E-state index in [0.717, 1.165) is 49.3 Å². The smallest absolute Gasteiger partial charge is 0.322 e. The highest BCUT2D eigenvalue weighted by atomic mass is 35.5. The van der Waals surface area contributed by atoms with Crippen LogP contribution in [0.25, 0.3) is 6.08 Å². The van der Waals surface area contributed by atoms with Gasteiger partial charge in [0.25, 0.3) is 0 Å². The maximum Gasteiger partial charge on any atom is 0.322 e. The molecular weight excluding hydrogens is 510 g/mol. The van der Waals surface area contributed by atoms with Gasteiger partial charge in [-0.2, -0.15) is 5.26 Å². The molecule has 1 aromatic heterocycles. The number of ether oxygens (including phenoxy) is 1. The van der Waals surface area contributed by atoms with Gasteiger partial charge in [0.15, 0.2) is 0 Å². The molecule has 1 N–H and O–H groups in total. The van der Waals surface area contributed by atoms with Crippen LogP contribution in [0.3, 0.4) is 0 Å². The summed E-state index contributed by atoms with van der Waals surface area (Å²) in [5, 5.41) is 12.5. The second kappa shape index (κ2) is 10.8. The van der Waals surface area contributed by atoms with E-state index in [9.17, 15) is 4.79 Å². The fourth-order valence-corrected chi connectivity index (χ4v) is 6.14. The molecule has 0 bridgehead atoms. The summed E-state index contributed by atoms with van der Waals surface area (Å²) in [6, 6.07) is 17.8. The van der Waals surface area contributed by atoms with E-state index in [0.29, 0.717) is 37.0 Å². The maximum atomic E-state index is 13.5. The first-order chi connectivity index (χ1) is 19.0. The average molecular weight is 540 g/mol. The molecule has 3 aliphatic rings. The zero-order chi connectivity index (χ0) is 26.8. The molecule has 7 nitrogen and oxygen atoms in total. The van der Waals surface area contributed by atoms with Gasteiger partial charge >= 0.3 is 6.03 Å². The molecule has 0 atom stereocenters. The summed E-state index contributed by atoms with van der Waals surface area (Å²) in [6.07, 6.45) is 7.95. The Kier molecular flexibility index (Phi) is 7.09. The normalized spacial score (nSPS) is 17.8. The molecule has 39 heavy (non-hydrogen) atoms. The number of pyridine rings is 1. The van der Waals surface area contributed by atoms with Crippen molar-refractivity contribution in [2.75, 3.05) is 31.1 Å². The van der Waals surface area contributed by atoms with Gasteiger partial charge in [0.1, 0.15) is 5.15 Å². The minimum absolute atomic E-state index is 0.0579. The summed E-state index contributed by atoms with van der Waals surface area (Å²) in [5.41, 5.74) is 7.34. The third-order valence-electron chi connectivity index (χ3n) is 8.16. The van der Waals surface area contributed by atoms with Gasteiger partial charge in [0, 0.05) is 36.9 Å². The third kappa shape index (κ3) is 5.28. The summed E-state index contributed by atoms with van der Waals surface area (Å²) in [7, 11) is 0. The van der Waals surface area contributed by atoms with Crippen molar-refractivity contribution in [1.82, 2.24) is 15.2 Å². The topological polar surface area (TPSA) is 81.5 Å². The number of nitrogens with one attached hydrogen (secondary N) is 1. The van der Waals surface area contributed by atoms with Crippen molar-refractivity contribution in [2.45, 2.75) is 38.0 Å². The number of nitrogens with zero attached hydrogens (tertiary/aromatic N) is 4. The number of likely N-dealkylation sites (tertiary alicyclic amines) is 1. The molecule has 3 aliphatic heterocycles. The van der Waals surface area contributed by atoms with E-state index in [2.05, 4.69) is 45.6 Å². The lowest BCUT2D eigenvalue weighted by Crippen LogP contribution is -2.47. The van der Waals surface area contributed by atoms with Gasteiger partial charge in [-0.1, -0.05) is 42.0 Å². The van der Waals surface area contributed by atoms with Crippen molar-refractivity contribution in [3.63, 3.8) is 0 Å². The van der Waals surface area contributed by atoms with Crippen LogP contribution in [0.5, 0.6) is 0 Å². The van der Waals surface area contributed by atoms with Crippen molar-refractivity contribution in [3.8, 4) is 6.07 Å². The van der Waals surface area contributed by atoms with Gasteiger partial charge < -0.3 is 10.1 Å². The number of amides is 2. The fraction of sp³-hybridized carbons (Fsp3) is 0.323. The van der Waals surface area contributed by atoms with Crippen molar-refractivity contribution in [2.24, 2.45) is 0 Å². The van der Waals surface area contributed by atoms with E-state index in [1.165, 1.54) is 16.7 Å². The van der Waals surface area contributed by atoms with E-state index in [1.807, 2.05) is 35.2 Å². The predicted molar refractivity (Wildman–Crippen MR) is 151 cm³/mol. The van der Waals surface area contributed by atoms with Crippen LogP contribution in [0.1, 0.15) is 46.2 Å². The first kappa shape index (κ1) is 25.6. The zero-order valence-corrected chi connectivity index (χ0v) is 22.5. The third-order valence-corrected chi connectivity index (χ3v) is 8.37. The minimum atomic E-state index is -0.0901. The van der Waals surface area contributed by atoms with Crippen LogP contribution in [-0.2, 0) is 29.9 Å². The highest BCUT2D eigenvalue weighted by Crippen LogP contribution is 2.48. The summed E-state index contributed by atoms with van der Waals surface area (Å²) in [5.74, 6) is 0. The molecule has 1 saturated heterocycles.